The van der Waals surface area contributed by atoms with Crippen molar-refractivity contribution in [3.63, 3.8) is 0 Å². The van der Waals surface area contributed by atoms with Gasteiger partial charge in [0.25, 0.3) is 0 Å². The highest BCUT2D eigenvalue weighted by molar-refractivity contribution is 5.37. The molecule has 4 N–H and O–H groups in total. The van der Waals surface area contributed by atoms with Gasteiger partial charge >= 0.3 is 0 Å². The first-order chi connectivity index (χ1) is 4.66. The Hall–Kier alpha value is -1.19. The van der Waals surface area contributed by atoms with Gasteiger partial charge in [0.05, 0.1) is 5.69 Å². The van der Waals surface area contributed by atoms with Gasteiger partial charge in [-0.15, -0.1) is 0 Å². The highest BCUT2D eigenvalue weighted by atomic mass is 15.4. The summed E-state index contributed by atoms with van der Waals surface area (Å²) in [6.45, 7) is 3.83. The third-order valence-corrected chi connectivity index (χ3v) is 1.54. The van der Waals surface area contributed by atoms with E-state index < -0.39 is 0 Å². The maximum absolute atomic E-state index is 5.59. The molecule has 0 fully saturated rings. The molecule has 0 atom stereocenters. The van der Waals surface area contributed by atoms with E-state index in [0.717, 1.165) is 17.9 Å². The van der Waals surface area contributed by atoms with Gasteiger partial charge in [-0.3, -0.25) is 0 Å². The summed E-state index contributed by atoms with van der Waals surface area (Å²) in [5.74, 6) is 6.84. The number of nitrogen functional groups attached to an aromatic ring is 2. The van der Waals surface area contributed by atoms with Crippen molar-refractivity contribution in [2.45, 2.75) is 20.3 Å². The van der Waals surface area contributed by atoms with Gasteiger partial charge in [0.2, 0.25) is 0 Å². The minimum Gasteiger partial charge on any atom is -0.382 e. The Labute approximate surface area is 59.8 Å². The normalized spacial score (nSPS) is 10.2. The Kier molecular flexibility index (Phi) is 1.53. The van der Waals surface area contributed by atoms with E-state index in [2.05, 4.69) is 4.98 Å². The number of nitrogens with zero attached hydrogens (tertiary/aromatic N) is 2. The molecule has 0 bridgehead atoms. The van der Waals surface area contributed by atoms with Crippen LogP contribution in [0, 0.1) is 6.92 Å². The monoisotopic (exact) mass is 140 g/mol. The number of anilines is 1. The molecule has 1 rings (SSSR count). The van der Waals surface area contributed by atoms with Gasteiger partial charge < -0.3 is 11.6 Å². The van der Waals surface area contributed by atoms with Gasteiger partial charge in [-0.1, -0.05) is 6.92 Å². The van der Waals surface area contributed by atoms with E-state index in [-0.39, 0.29) is 0 Å². The minimum atomic E-state index is 0.569. The van der Waals surface area contributed by atoms with Crippen LogP contribution in [0.4, 0.5) is 5.82 Å². The smallest absolute Gasteiger partial charge is 0.145 e. The maximum Gasteiger partial charge on any atom is 0.145 e. The summed E-state index contributed by atoms with van der Waals surface area (Å²) in [6, 6.07) is 0. The SMILES string of the molecule is CCc1nc(C)n(N)c1N. The van der Waals surface area contributed by atoms with Crippen LogP contribution in [0.2, 0.25) is 0 Å². The topological polar surface area (TPSA) is 69.9 Å². The Morgan fingerprint density at radius 2 is 2.20 bits per heavy atom. The van der Waals surface area contributed by atoms with Crippen molar-refractivity contribution in [2.24, 2.45) is 0 Å². The summed E-state index contributed by atoms with van der Waals surface area (Å²) in [4.78, 5) is 4.14. The first kappa shape index (κ1) is 6.92. The summed E-state index contributed by atoms with van der Waals surface area (Å²) in [5.41, 5.74) is 6.46. The Bertz CT molecular complexity index is 238. The number of aryl methyl sites for hydroxylation is 2. The van der Waals surface area contributed by atoms with Crippen LogP contribution in [0.25, 0.3) is 0 Å². The lowest BCUT2D eigenvalue weighted by Crippen LogP contribution is -2.13. The molecule has 10 heavy (non-hydrogen) atoms. The first-order valence-electron chi connectivity index (χ1n) is 3.25. The van der Waals surface area contributed by atoms with E-state index in [9.17, 15) is 0 Å². The predicted octanol–water partition coefficient (Wildman–Crippen LogP) is 0.0499. The van der Waals surface area contributed by atoms with Crippen LogP contribution in [-0.4, -0.2) is 9.66 Å². The molecular weight excluding hydrogens is 128 g/mol. The van der Waals surface area contributed by atoms with Crippen LogP contribution < -0.4 is 11.6 Å². The van der Waals surface area contributed by atoms with Gasteiger partial charge in [0.1, 0.15) is 11.6 Å². The van der Waals surface area contributed by atoms with E-state index in [1.807, 2.05) is 13.8 Å². The van der Waals surface area contributed by atoms with Crippen molar-refractivity contribution >= 4 is 5.82 Å². The number of imidazole rings is 1. The lowest BCUT2D eigenvalue weighted by atomic mass is 10.3. The number of hydrogen-bond acceptors (Lipinski definition) is 3. The van der Waals surface area contributed by atoms with E-state index >= 15 is 0 Å². The van der Waals surface area contributed by atoms with E-state index in [4.69, 9.17) is 11.6 Å². The molecule has 1 aromatic rings. The van der Waals surface area contributed by atoms with E-state index in [0.29, 0.717) is 5.82 Å². The van der Waals surface area contributed by atoms with Crippen molar-refractivity contribution in [3.05, 3.63) is 11.5 Å². The zero-order valence-corrected chi connectivity index (χ0v) is 6.26. The van der Waals surface area contributed by atoms with Crippen molar-refractivity contribution < 1.29 is 0 Å². The molecule has 0 saturated heterocycles. The highest BCUT2D eigenvalue weighted by Gasteiger charge is 2.05. The summed E-state index contributed by atoms with van der Waals surface area (Å²) < 4.78 is 1.40. The fourth-order valence-corrected chi connectivity index (χ4v) is 0.880. The molecule has 0 aliphatic rings. The molecule has 0 saturated carbocycles. The lowest BCUT2D eigenvalue weighted by molar-refractivity contribution is 0.935. The quantitative estimate of drug-likeness (QED) is 0.541. The summed E-state index contributed by atoms with van der Waals surface area (Å²) in [6.07, 6.45) is 0.830. The van der Waals surface area contributed by atoms with Gasteiger partial charge in [0, 0.05) is 0 Å². The van der Waals surface area contributed by atoms with Gasteiger partial charge in [-0.2, -0.15) is 0 Å². The second-order valence-corrected chi connectivity index (χ2v) is 2.21. The second kappa shape index (κ2) is 2.21. The number of nitrogens with two attached hydrogens (primary N) is 2. The molecule has 0 radical (unpaired) electrons. The van der Waals surface area contributed by atoms with Crippen molar-refractivity contribution in [2.75, 3.05) is 11.6 Å². The molecule has 4 heteroatoms. The zero-order chi connectivity index (χ0) is 7.72. The molecule has 0 spiro atoms. The number of rotatable bonds is 1. The van der Waals surface area contributed by atoms with Gasteiger partial charge in [-0.25, -0.2) is 9.66 Å². The molecule has 4 nitrogen and oxygen atoms in total. The molecule has 1 heterocycles. The highest BCUT2D eigenvalue weighted by Crippen LogP contribution is 2.09. The average molecular weight is 140 g/mol. The molecule has 0 aliphatic heterocycles. The van der Waals surface area contributed by atoms with Crippen molar-refractivity contribution in [1.82, 2.24) is 9.66 Å². The minimum absolute atomic E-state index is 0.569. The Balaban J connectivity index is 3.17. The van der Waals surface area contributed by atoms with Crippen LogP contribution in [-0.2, 0) is 6.42 Å². The zero-order valence-electron chi connectivity index (χ0n) is 6.26. The lowest BCUT2D eigenvalue weighted by Gasteiger charge is -1.96. The number of hydrogen-bond donors (Lipinski definition) is 2. The van der Waals surface area contributed by atoms with Crippen LogP contribution in [0.3, 0.4) is 0 Å². The van der Waals surface area contributed by atoms with Crippen LogP contribution >= 0.6 is 0 Å². The molecule has 56 valence electrons. The number of aromatic nitrogens is 2. The van der Waals surface area contributed by atoms with Crippen molar-refractivity contribution in [1.29, 1.82) is 0 Å². The standard InChI is InChI=1S/C6H12N4/c1-3-5-6(7)10(8)4(2)9-5/h3,7-8H2,1-2H3. The van der Waals surface area contributed by atoms with Gasteiger partial charge in [-0.05, 0) is 13.3 Å². The van der Waals surface area contributed by atoms with E-state index in [1.54, 1.807) is 0 Å². The predicted molar refractivity (Wildman–Crippen MR) is 40.9 cm³/mol. The molecule has 0 unspecified atom stereocenters. The molecular formula is C6H12N4. The fraction of sp³-hybridized carbons (Fsp3) is 0.500. The molecule has 0 aliphatic carbocycles. The summed E-state index contributed by atoms with van der Waals surface area (Å²) in [5, 5.41) is 0. The maximum atomic E-state index is 5.59. The first-order valence-corrected chi connectivity index (χ1v) is 3.25. The molecule has 1 aromatic heterocycles. The second-order valence-electron chi connectivity index (χ2n) is 2.21. The van der Waals surface area contributed by atoms with E-state index in [1.165, 1.54) is 4.68 Å². The van der Waals surface area contributed by atoms with Crippen molar-refractivity contribution in [3.8, 4) is 0 Å². The van der Waals surface area contributed by atoms with Crippen LogP contribution in [0.5, 0.6) is 0 Å². The molecule has 0 amide bonds. The van der Waals surface area contributed by atoms with Crippen LogP contribution in [0.15, 0.2) is 0 Å². The Morgan fingerprint density at radius 3 is 2.40 bits per heavy atom. The van der Waals surface area contributed by atoms with Crippen LogP contribution in [0.1, 0.15) is 18.4 Å². The third kappa shape index (κ3) is 0.814. The average Bonchev–Trinajstić information content (AvgIpc) is 2.17. The van der Waals surface area contributed by atoms with Gasteiger partial charge in [0.15, 0.2) is 0 Å². The Morgan fingerprint density at radius 1 is 1.60 bits per heavy atom. The summed E-state index contributed by atoms with van der Waals surface area (Å²) >= 11 is 0. The third-order valence-electron chi connectivity index (χ3n) is 1.54. The molecule has 0 aromatic carbocycles. The summed E-state index contributed by atoms with van der Waals surface area (Å²) in [7, 11) is 0. The largest absolute Gasteiger partial charge is 0.382 e. The fourth-order valence-electron chi connectivity index (χ4n) is 0.880.